The lowest BCUT2D eigenvalue weighted by molar-refractivity contribution is 0.493. The Morgan fingerprint density at radius 1 is 0.722 bits per heavy atom. The molecule has 0 aromatic heterocycles. The molecule has 3 aromatic rings. The molecular formula is C16H11BO. The Morgan fingerprint density at radius 2 is 1.56 bits per heavy atom. The van der Waals surface area contributed by atoms with E-state index in [1.54, 1.807) is 0 Å². The SMILES string of the molecule is B1c2ccccc2Oc2c1ccc1ccccc21. The third-order valence-electron chi connectivity index (χ3n) is 3.53. The molecule has 0 fully saturated rings. The molecule has 3 aromatic carbocycles. The number of ether oxygens (including phenoxy) is 1. The number of hydrogen-bond acceptors (Lipinski definition) is 1. The minimum Gasteiger partial charge on any atom is -0.458 e. The second-order valence-corrected chi connectivity index (χ2v) is 4.66. The average molecular weight is 230 g/mol. The zero-order valence-electron chi connectivity index (χ0n) is 9.89. The molecule has 1 aliphatic heterocycles. The fourth-order valence-electron chi connectivity index (χ4n) is 2.61. The summed E-state index contributed by atoms with van der Waals surface area (Å²) >= 11 is 0. The average Bonchev–Trinajstić information content (AvgIpc) is 2.45. The second kappa shape index (κ2) is 3.64. The van der Waals surface area contributed by atoms with Crippen molar-refractivity contribution in [3.63, 3.8) is 0 Å². The lowest BCUT2D eigenvalue weighted by atomic mass is 9.61. The molecule has 0 saturated carbocycles. The Labute approximate surface area is 106 Å². The number of fused-ring (bicyclic) bond motifs is 4. The van der Waals surface area contributed by atoms with Crippen LogP contribution in [0, 0.1) is 0 Å². The predicted molar refractivity (Wildman–Crippen MR) is 76.9 cm³/mol. The monoisotopic (exact) mass is 230 g/mol. The van der Waals surface area contributed by atoms with E-state index in [2.05, 4.69) is 48.5 Å². The summed E-state index contributed by atoms with van der Waals surface area (Å²) in [6.45, 7) is 0. The van der Waals surface area contributed by atoms with Gasteiger partial charge in [0.25, 0.3) is 0 Å². The zero-order valence-corrected chi connectivity index (χ0v) is 9.89. The molecule has 2 heteroatoms. The van der Waals surface area contributed by atoms with E-state index < -0.39 is 0 Å². The molecule has 0 saturated heterocycles. The summed E-state index contributed by atoms with van der Waals surface area (Å²) in [4.78, 5) is 0. The molecule has 0 radical (unpaired) electrons. The van der Waals surface area contributed by atoms with Crippen molar-refractivity contribution >= 4 is 29.0 Å². The van der Waals surface area contributed by atoms with Gasteiger partial charge in [-0.25, -0.2) is 0 Å². The van der Waals surface area contributed by atoms with Crippen LogP contribution >= 0.6 is 0 Å². The maximum absolute atomic E-state index is 6.09. The van der Waals surface area contributed by atoms with Crippen molar-refractivity contribution in [1.29, 1.82) is 0 Å². The van der Waals surface area contributed by atoms with Gasteiger partial charge in [0.1, 0.15) is 11.5 Å². The van der Waals surface area contributed by atoms with E-state index in [1.807, 2.05) is 12.1 Å². The van der Waals surface area contributed by atoms with Gasteiger partial charge in [0.2, 0.25) is 7.28 Å². The summed E-state index contributed by atoms with van der Waals surface area (Å²) in [5.41, 5.74) is 2.53. The highest BCUT2D eigenvalue weighted by Gasteiger charge is 2.19. The molecule has 1 heterocycles. The van der Waals surface area contributed by atoms with Crippen LogP contribution < -0.4 is 15.7 Å². The van der Waals surface area contributed by atoms with Crippen molar-refractivity contribution in [1.82, 2.24) is 0 Å². The topological polar surface area (TPSA) is 9.23 Å². The summed E-state index contributed by atoms with van der Waals surface area (Å²) in [5, 5.41) is 2.43. The van der Waals surface area contributed by atoms with Gasteiger partial charge in [0, 0.05) is 5.39 Å². The Hall–Kier alpha value is -2.22. The maximum atomic E-state index is 6.09. The van der Waals surface area contributed by atoms with Crippen molar-refractivity contribution in [3.05, 3.63) is 60.7 Å². The van der Waals surface area contributed by atoms with Gasteiger partial charge in [-0.15, -0.1) is 0 Å². The Bertz CT molecular complexity index is 749. The molecule has 0 aliphatic carbocycles. The molecule has 0 bridgehead atoms. The van der Waals surface area contributed by atoms with E-state index in [0.717, 1.165) is 18.8 Å². The fraction of sp³-hybridized carbons (Fsp3) is 0. The van der Waals surface area contributed by atoms with Crippen molar-refractivity contribution in [2.75, 3.05) is 0 Å². The van der Waals surface area contributed by atoms with E-state index in [0.29, 0.717) is 0 Å². The van der Waals surface area contributed by atoms with E-state index in [1.165, 1.54) is 21.7 Å². The highest BCUT2D eigenvalue weighted by molar-refractivity contribution is 6.70. The summed E-state index contributed by atoms with van der Waals surface area (Å²) in [7, 11) is 0.955. The van der Waals surface area contributed by atoms with Gasteiger partial charge < -0.3 is 4.74 Å². The molecule has 84 valence electrons. The number of hydrogen-bond donors (Lipinski definition) is 0. The molecule has 0 unspecified atom stereocenters. The fourth-order valence-corrected chi connectivity index (χ4v) is 2.61. The van der Waals surface area contributed by atoms with Gasteiger partial charge in [0.05, 0.1) is 0 Å². The Morgan fingerprint density at radius 3 is 2.56 bits per heavy atom. The summed E-state index contributed by atoms with van der Waals surface area (Å²) < 4.78 is 6.09. The van der Waals surface area contributed by atoms with Gasteiger partial charge in [-0.3, -0.25) is 0 Å². The van der Waals surface area contributed by atoms with Crippen molar-refractivity contribution in [3.8, 4) is 11.5 Å². The summed E-state index contributed by atoms with van der Waals surface area (Å²) in [6, 6.07) is 21.0. The van der Waals surface area contributed by atoms with Crippen LogP contribution in [0.4, 0.5) is 0 Å². The van der Waals surface area contributed by atoms with Crippen LogP contribution in [0.5, 0.6) is 11.5 Å². The lowest BCUT2D eigenvalue weighted by Crippen LogP contribution is -2.33. The molecule has 1 nitrogen and oxygen atoms in total. The molecule has 18 heavy (non-hydrogen) atoms. The normalized spacial score (nSPS) is 12.2. The van der Waals surface area contributed by atoms with E-state index >= 15 is 0 Å². The largest absolute Gasteiger partial charge is 0.458 e. The molecule has 0 atom stereocenters. The first-order chi connectivity index (χ1) is 8.92. The van der Waals surface area contributed by atoms with Crippen LogP contribution in [0.3, 0.4) is 0 Å². The molecule has 1 aliphatic rings. The molecule has 4 rings (SSSR count). The standard InChI is InChI=1S/C16H11BO/c1-2-6-12-11(5-1)9-10-14-16(12)18-15-8-4-3-7-13(15)17-14/h1-10,17H. The number of benzene rings is 3. The van der Waals surface area contributed by atoms with Gasteiger partial charge in [-0.05, 0) is 22.4 Å². The highest BCUT2D eigenvalue weighted by Crippen LogP contribution is 2.29. The molecular weight excluding hydrogens is 219 g/mol. The highest BCUT2D eigenvalue weighted by atomic mass is 16.5. The first-order valence-electron chi connectivity index (χ1n) is 6.18. The van der Waals surface area contributed by atoms with Gasteiger partial charge in [-0.1, -0.05) is 54.6 Å². The number of para-hydroxylation sites is 1. The summed E-state index contributed by atoms with van der Waals surface area (Å²) in [6.07, 6.45) is 0. The van der Waals surface area contributed by atoms with E-state index in [-0.39, 0.29) is 0 Å². The third kappa shape index (κ3) is 1.35. The quantitative estimate of drug-likeness (QED) is 0.421. The van der Waals surface area contributed by atoms with Gasteiger partial charge >= 0.3 is 0 Å². The van der Waals surface area contributed by atoms with Crippen molar-refractivity contribution in [2.45, 2.75) is 0 Å². The van der Waals surface area contributed by atoms with Crippen LogP contribution in [-0.4, -0.2) is 7.28 Å². The minimum absolute atomic E-state index is 0.955. The minimum atomic E-state index is 0.955. The van der Waals surface area contributed by atoms with Crippen molar-refractivity contribution < 1.29 is 4.74 Å². The first-order valence-corrected chi connectivity index (χ1v) is 6.18. The lowest BCUT2D eigenvalue weighted by Gasteiger charge is -2.21. The smallest absolute Gasteiger partial charge is 0.202 e. The second-order valence-electron chi connectivity index (χ2n) is 4.66. The van der Waals surface area contributed by atoms with Crippen LogP contribution in [0.2, 0.25) is 0 Å². The molecule has 0 N–H and O–H groups in total. The van der Waals surface area contributed by atoms with Crippen LogP contribution in [0.25, 0.3) is 10.8 Å². The van der Waals surface area contributed by atoms with Gasteiger partial charge in [0.15, 0.2) is 0 Å². The van der Waals surface area contributed by atoms with E-state index in [4.69, 9.17) is 4.74 Å². The van der Waals surface area contributed by atoms with Gasteiger partial charge in [-0.2, -0.15) is 0 Å². The summed E-state index contributed by atoms with van der Waals surface area (Å²) in [5.74, 6) is 2.01. The van der Waals surface area contributed by atoms with Crippen LogP contribution in [0.1, 0.15) is 0 Å². The zero-order chi connectivity index (χ0) is 11.9. The first kappa shape index (κ1) is 9.78. The number of rotatable bonds is 0. The van der Waals surface area contributed by atoms with Crippen LogP contribution in [-0.2, 0) is 0 Å². The van der Waals surface area contributed by atoms with Crippen molar-refractivity contribution in [2.24, 2.45) is 0 Å². The maximum Gasteiger partial charge on any atom is 0.202 e. The third-order valence-corrected chi connectivity index (χ3v) is 3.53. The Balaban J connectivity index is 1.98. The molecule has 0 amide bonds. The van der Waals surface area contributed by atoms with E-state index in [9.17, 15) is 0 Å². The van der Waals surface area contributed by atoms with Crippen LogP contribution in [0.15, 0.2) is 60.7 Å². The Kier molecular flexibility index (Phi) is 1.98. The predicted octanol–water partition coefficient (Wildman–Crippen LogP) is 2.33. The molecule has 0 spiro atoms.